The Balaban J connectivity index is 2.07. The van der Waals surface area contributed by atoms with E-state index in [1.807, 2.05) is 0 Å². The molecule has 2 heterocycles. The molecule has 0 saturated carbocycles. The molecule has 0 aliphatic carbocycles. The first-order chi connectivity index (χ1) is 10.5. The quantitative estimate of drug-likeness (QED) is 0.677. The Bertz CT molecular complexity index is 551. The number of hydrogen-bond acceptors (Lipinski definition) is 6. The number of carbonyl (C=O) groups is 2. The third-order valence-electron chi connectivity index (χ3n) is 3.50. The number of hydrogen-bond donors (Lipinski definition) is 3. The van der Waals surface area contributed by atoms with Gasteiger partial charge in [0.05, 0.1) is 12.6 Å². The molecular formula is C14H20N4O4. The number of amides is 1. The lowest BCUT2D eigenvalue weighted by molar-refractivity contribution is -0.138. The van der Waals surface area contributed by atoms with E-state index in [-0.39, 0.29) is 25.5 Å². The van der Waals surface area contributed by atoms with Gasteiger partial charge < -0.3 is 20.4 Å². The van der Waals surface area contributed by atoms with Gasteiger partial charge in [-0.15, -0.1) is 0 Å². The Morgan fingerprint density at radius 1 is 1.41 bits per heavy atom. The molecule has 1 aromatic rings. The minimum Gasteiger partial charge on any atom is -0.480 e. The number of β-amino-alcohol motifs (C(OH)–C–C–N with tert-alkyl or cyclic N) is 1. The highest BCUT2D eigenvalue weighted by atomic mass is 16.4. The van der Waals surface area contributed by atoms with Crippen LogP contribution in [-0.2, 0) is 4.79 Å². The highest BCUT2D eigenvalue weighted by Gasteiger charge is 2.26. The number of carboxylic acids is 1. The van der Waals surface area contributed by atoms with E-state index >= 15 is 0 Å². The van der Waals surface area contributed by atoms with Crippen molar-refractivity contribution >= 4 is 17.7 Å². The SMILES string of the molecule is CNc1cc(C(=O)N2CCN(CC(=O)O)C[C@@H](O)C2)ccn1. The topological polar surface area (TPSA) is 106 Å². The Kier molecular flexibility index (Phi) is 5.29. The van der Waals surface area contributed by atoms with Crippen LogP contribution in [0.25, 0.3) is 0 Å². The second-order valence-electron chi connectivity index (χ2n) is 5.21. The predicted molar refractivity (Wildman–Crippen MR) is 79.8 cm³/mol. The molecule has 0 unspecified atom stereocenters. The molecule has 0 bridgehead atoms. The number of aliphatic hydroxyl groups is 1. The minimum absolute atomic E-state index is 0.141. The van der Waals surface area contributed by atoms with E-state index in [0.29, 0.717) is 24.5 Å². The van der Waals surface area contributed by atoms with Crippen LogP contribution in [0.15, 0.2) is 18.3 Å². The van der Waals surface area contributed by atoms with E-state index in [0.717, 1.165) is 0 Å². The molecule has 22 heavy (non-hydrogen) atoms. The second kappa shape index (κ2) is 7.19. The molecule has 1 amide bonds. The van der Waals surface area contributed by atoms with Crippen molar-refractivity contribution in [3.63, 3.8) is 0 Å². The molecule has 1 fully saturated rings. The Labute approximate surface area is 128 Å². The van der Waals surface area contributed by atoms with Gasteiger partial charge in [0.15, 0.2) is 0 Å². The fraction of sp³-hybridized carbons (Fsp3) is 0.500. The fourth-order valence-corrected chi connectivity index (χ4v) is 2.46. The van der Waals surface area contributed by atoms with Crippen LogP contribution in [0.4, 0.5) is 5.82 Å². The Morgan fingerprint density at radius 3 is 2.86 bits per heavy atom. The number of aliphatic hydroxyl groups excluding tert-OH is 1. The molecular weight excluding hydrogens is 288 g/mol. The first-order valence-electron chi connectivity index (χ1n) is 7.05. The van der Waals surface area contributed by atoms with Crippen molar-refractivity contribution in [1.82, 2.24) is 14.8 Å². The first-order valence-corrected chi connectivity index (χ1v) is 7.05. The van der Waals surface area contributed by atoms with Crippen LogP contribution in [0, 0.1) is 0 Å². The number of nitrogens with zero attached hydrogens (tertiary/aromatic N) is 3. The molecule has 3 N–H and O–H groups in total. The van der Waals surface area contributed by atoms with Gasteiger partial charge in [-0.25, -0.2) is 4.98 Å². The monoisotopic (exact) mass is 308 g/mol. The summed E-state index contributed by atoms with van der Waals surface area (Å²) in [6, 6.07) is 3.27. The molecule has 2 rings (SSSR count). The molecule has 1 atom stereocenters. The number of rotatable bonds is 4. The molecule has 1 aromatic heterocycles. The highest BCUT2D eigenvalue weighted by Crippen LogP contribution is 2.12. The van der Waals surface area contributed by atoms with Gasteiger partial charge >= 0.3 is 5.97 Å². The maximum Gasteiger partial charge on any atom is 0.317 e. The normalized spacial score (nSPS) is 19.5. The van der Waals surface area contributed by atoms with Gasteiger partial charge in [-0.2, -0.15) is 0 Å². The molecule has 0 aromatic carbocycles. The summed E-state index contributed by atoms with van der Waals surface area (Å²) in [5.41, 5.74) is 0.484. The number of nitrogens with one attached hydrogen (secondary N) is 1. The molecule has 1 aliphatic rings. The zero-order valence-corrected chi connectivity index (χ0v) is 12.4. The van der Waals surface area contributed by atoms with E-state index in [1.54, 1.807) is 35.2 Å². The molecule has 8 nitrogen and oxygen atoms in total. The lowest BCUT2D eigenvalue weighted by Gasteiger charge is -2.22. The van der Waals surface area contributed by atoms with Crippen molar-refractivity contribution in [2.24, 2.45) is 0 Å². The van der Waals surface area contributed by atoms with Crippen molar-refractivity contribution in [3.05, 3.63) is 23.9 Å². The minimum atomic E-state index is -0.945. The Morgan fingerprint density at radius 2 is 2.18 bits per heavy atom. The molecule has 0 spiro atoms. The summed E-state index contributed by atoms with van der Waals surface area (Å²) < 4.78 is 0. The summed E-state index contributed by atoms with van der Waals surface area (Å²) in [6.07, 6.45) is 0.778. The average molecular weight is 308 g/mol. The van der Waals surface area contributed by atoms with Gasteiger partial charge in [-0.1, -0.05) is 0 Å². The van der Waals surface area contributed by atoms with Crippen molar-refractivity contribution in [1.29, 1.82) is 0 Å². The Hall–Kier alpha value is -2.19. The summed E-state index contributed by atoms with van der Waals surface area (Å²) in [5, 5.41) is 21.7. The third-order valence-corrected chi connectivity index (χ3v) is 3.50. The lowest BCUT2D eigenvalue weighted by Crippen LogP contribution is -2.37. The van der Waals surface area contributed by atoms with Crippen LogP contribution in [0.2, 0.25) is 0 Å². The summed E-state index contributed by atoms with van der Waals surface area (Å²) in [5.74, 6) is -0.552. The summed E-state index contributed by atoms with van der Waals surface area (Å²) in [6.45, 7) is 1.08. The lowest BCUT2D eigenvalue weighted by atomic mass is 10.2. The number of carboxylic acid groups (broad SMARTS) is 1. The number of aromatic nitrogens is 1. The van der Waals surface area contributed by atoms with Crippen LogP contribution >= 0.6 is 0 Å². The van der Waals surface area contributed by atoms with Gasteiger partial charge in [-0.3, -0.25) is 14.5 Å². The van der Waals surface area contributed by atoms with E-state index < -0.39 is 12.1 Å². The van der Waals surface area contributed by atoms with Crippen LogP contribution in [0.5, 0.6) is 0 Å². The van der Waals surface area contributed by atoms with E-state index in [1.165, 1.54) is 0 Å². The maximum atomic E-state index is 12.5. The number of anilines is 1. The second-order valence-corrected chi connectivity index (χ2v) is 5.21. The maximum absolute atomic E-state index is 12.5. The van der Waals surface area contributed by atoms with E-state index in [2.05, 4.69) is 10.3 Å². The van der Waals surface area contributed by atoms with Gasteiger partial charge in [-0.05, 0) is 12.1 Å². The molecule has 1 saturated heterocycles. The number of pyridine rings is 1. The van der Waals surface area contributed by atoms with Crippen LogP contribution in [0.3, 0.4) is 0 Å². The number of aliphatic carboxylic acids is 1. The van der Waals surface area contributed by atoms with Gasteiger partial charge in [0.2, 0.25) is 0 Å². The van der Waals surface area contributed by atoms with Crippen molar-refractivity contribution in [3.8, 4) is 0 Å². The molecule has 8 heteroatoms. The molecule has 1 aliphatic heterocycles. The standard InChI is InChI=1S/C14H20N4O4/c1-15-12-6-10(2-3-16-12)14(22)18-5-4-17(9-13(20)21)7-11(19)8-18/h2-3,6,11,19H,4-5,7-9H2,1H3,(H,15,16)(H,20,21)/t11-/m1/s1. The van der Waals surface area contributed by atoms with Crippen molar-refractivity contribution < 1.29 is 19.8 Å². The van der Waals surface area contributed by atoms with Crippen LogP contribution in [0.1, 0.15) is 10.4 Å². The number of carbonyl (C=O) groups excluding carboxylic acids is 1. The van der Waals surface area contributed by atoms with Crippen LogP contribution < -0.4 is 5.32 Å². The smallest absolute Gasteiger partial charge is 0.317 e. The predicted octanol–water partition coefficient (Wildman–Crippen LogP) is -0.673. The van der Waals surface area contributed by atoms with E-state index in [9.17, 15) is 14.7 Å². The van der Waals surface area contributed by atoms with Crippen molar-refractivity contribution in [2.75, 3.05) is 45.1 Å². The summed E-state index contributed by atoms with van der Waals surface area (Å²) in [7, 11) is 1.72. The van der Waals surface area contributed by atoms with Crippen molar-refractivity contribution in [2.45, 2.75) is 6.10 Å². The first kappa shape index (κ1) is 16.2. The average Bonchev–Trinajstić information content (AvgIpc) is 2.67. The highest BCUT2D eigenvalue weighted by molar-refractivity contribution is 5.94. The van der Waals surface area contributed by atoms with Crippen LogP contribution in [-0.4, -0.2) is 82.7 Å². The zero-order chi connectivity index (χ0) is 16.1. The third kappa shape index (κ3) is 4.15. The van der Waals surface area contributed by atoms with E-state index in [4.69, 9.17) is 5.11 Å². The summed E-state index contributed by atoms with van der Waals surface area (Å²) >= 11 is 0. The summed E-state index contributed by atoms with van der Waals surface area (Å²) in [4.78, 5) is 30.5. The van der Waals surface area contributed by atoms with Gasteiger partial charge in [0, 0.05) is 45.0 Å². The largest absolute Gasteiger partial charge is 0.480 e. The zero-order valence-electron chi connectivity index (χ0n) is 12.4. The fourth-order valence-electron chi connectivity index (χ4n) is 2.46. The molecule has 120 valence electrons. The van der Waals surface area contributed by atoms with Gasteiger partial charge in [0.1, 0.15) is 5.82 Å². The molecule has 0 radical (unpaired) electrons. The van der Waals surface area contributed by atoms with Gasteiger partial charge in [0.25, 0.3) is 5.91 Å².